The van der Waals surface area contributed by atoms with E-state index in [1.54, 1.807) is 6.20 Å². The molecule has 5 nitrogen and oxygen atoms in total. The first-order chi connectivity index (χ1) is 15.3. The second-order valence-corrected chi connectivity index (χ2v) is 7.88. The molecule has 0 unspecified atom stereocenters. The van der Waals surface area contributed by atoms with Crippen LogP contribution in [0.25, 0.3) is 0 Å². The minimum atomic E-state index is -0.229. The third-order valence-corrected chi connectivity index (χ3v) is 5.78. The highest BCUT2D eigenvalue weighted by Gasteiger charge is 2.27. The zero-order chi connectivity index (χ0) is 21.3. The number of rotatable bonds is 8. The summed E-state index contributed by atoms with van der Waals surface area (Å²) in [6.45, 7) is 3.37. The number of amides is 1. The highest BCUT2D eigenvalue weighted by atomic mass is 16.5. The van der Waals surface area contributed by atoms with Gasteiger partial charge in [0.15, 0.2) is 0 Å². The highest BCUT2D eigenvalue weighted by molar-refractivity contribution is 5.79. The first kappa shape index (κ1) is 21.1. The van der Waals surface area contributed by atoms with Gasteiger partial charge >= 0.3 is 0 Å². The maximum Gasteiger partial charge on any atom is 0.224 e. The van der Waals surface area contributed by atoms with Gasteiger partial charge in [-0.2, -0.15) is 0 Å². The van der Waals surface area contributed by atoms with E-state index in [0.29, 0.717) is 6.61 Å². The van der Waals surface area contributed by atoms with Gasteiger partial charge in [-0.05, 0) is 55.8 Å². The lowest BCUT2D eigenvalue weighted by Crippen LogP contribution is -2.42. The fourth-order valence-electron chi connectivity index (χ4n) is 4.01. The summed E-state index contributed by atoms with van der Waals surface area (Å²) in [5, 5.41) is 3.25. The van der Waals surface area contributed by atoms with Gasteiger partial charge in [-0.3, -0.25) is 14.7 Å². The average molecular weight is 416 g/mol. The molecule has 5 heteroatoms. The SMILES string of the molecule is O=C(N[C@H](c1ccccc1)c1ccccn1)C1CCN(CCOc2ccccc2)CC1. The number of benzene rings is 2. The molecular formula is C26H29N3O2. The number of hydrogen-bond donors (Lipinski definition) is 1. The van der Waals surface area contributed by atoms with Crippen molar-refractivity contribution in [2.24, 2.45) is 5.92 Å². The van der Waals surface area contributed by atoms with Crippen LogP contribution in [-0.2, 0) is 4.79 Å². The van der Waals surface area contributed by atoms with Gasteiger partial charge in [-0.1, -0.05) is 54.6 Å². The van der Waals surface area contributed by atoms with E-state index in [0.717, 1.165) is 49.5 Å². The normalized spacial score (nSPS) is 15.9. The number of nitrogens with one attached hydrogen (secondary N) is 1. The molecule has 1 saturated heterocycles. The molecule has 0 spiro atoms. The largest absolute Gasteiger partial charge is 0.492 e. The summed E-state index contributed by atoms with van der Waals surface area (Å²) in [5.74, 6) is 1.04. The Bertz CT molecular complexity index is 887. The molecule has 1 fully saturated rings. The minimum Gasteiger partial charge on any atom is -0.492 e. The Kier molecular flexibility index (Phi) is 7.29. The predicted octanol–water partition coefficient (Wildman–Crippen LogP) is 4.08. The first-order valence-corrected chi connectivity index (χ1v) is 11.0. The van der Waals surface area contributed by atoms with Crippen molar-refractivity contribution in [3.05, 3.63) is 96.3 Å². The summed E-state index contributed by atoms with van der Waals surface area (Å²) in [6.07, 6.45) is 3.50. The Hall–Kier alpha value is -3.18. The third kappa shape index (κ3) is 5.92. The Morgan fingerprint density at radius 1 is 0.968 bits per heavy atom. The van der Waals surface area contributed by atoms with Gasteiger partial charge < -0.3 is 10.1 Å². The molecule has 1 N–H and O–H groups in total. The van der Waals surface area contributed by atoms with Crippen LogP contribution in [0, 0.1) is 5.92 Å². The molecule has 1 aliphatic heterocycles. The third-order valence-electron chi connectivity index (χ3n) is 5.78. The van der Waals surface area contributed by atoms with Crippen molar-refractivity contribution in [1.82, 2.24) is 15.2 Å². The van der Waals surface area contributed by atoms with Gasteiger partial charge in [0, 0.05) is 18.7 Å². The molecule has 0 saturated carbocycles. The van der Waals surface area contributed by atoms with E-state index in [4.69, 9.17) is 4.74 Å². The maximum absolute atomic E-state index is 13.1. The Labute approximate surface area is 184 Å². The van der Waals surface area contributed by atoms with E-state index in [-0.39, 0.29) is 17.9 Å². The summed E-state index contributed by atoms with van der Waals surface area (Å²) in [7, 11) is 0. The molecule has 2 aromatic carbocycles. The number of nitrogens with zero attached hydrogens (tertiary/aromatic N) is 2. The van der Waals surface area contributed by atoms with E-state index in [1.165, 1.54) is 0 Å². The monoisotopic (exact) mass is 415 g/mol. The van der Waals surface area contributed by atoms with Crippen molar-refractivity contribution in [3.8, 4) is 5.75 Å². The summed E-state index contributed by atoms with van der Waals surface area (Å²) in [5.41, 5.74) is 1.91. The van der Waals surface area contributed by atoms with Crippen molar-refractivity contribution in [2.75, 3.05) is 26.2 Å². The smallest absolute Gasteiger partial charge is 0.224 e. The number of hydrogen-bond acceptors (Lipinski definition) is 4. The van der Waals surface area contributed by atoms with Gasteiger partial charge in [-0.25, -0.2) is 0 Å². The average Bonchev–Trinajstić information content (AvgIpc) is 2.84. The molecule has 160 valence electrons. The van der Waals surface area contributed by atoms with Crippen LogP contribution in [0.1, 0.15) is 30.1 Å². The summed E-state index contributed by atoms with van der Waals surface area (Å²) in [6, 6.07) is 25.5. The molecule has 31 heavy (non-hydrogen) atoms. The van der Waals surface area contributed by atoms with Crippen LogP contribution in [-0.4, -0.2) is 42.0 Å². The van der Waals surface area contributed by atoms with Gasteiger partial charge in [0.25, 0.3) is 0 Å². The fraction of sp³-hybridized carbons (Fsp3) is 0.308. The quantitative estimate of drug-likeness (QED) is 0.602. The zero-order valence-corrected chi connectivity index (χ0v) is 17.7. The number of piperidine rings is 1. The minimum absolute atomic E-state index is 0.0289. The van der Waals surface area contributed by atoms with Crippen LogP contribution < -0.4 is 10.1 Å². The molecule has 1 aliphatic rings. The van der Waals surface area contributed by atoms with Gasteiger partial charge in [0.2, 0.25) is 5.91 Å². The number of aromatic nitrogens is 1. The number of ether oxygens (including phenoxy) is 1. The van der Waals surface area contributed by atoms with Crippen molar-refractivity contribution < 1.29 is 9.53 Å². The van der Waals surface area contributed by atoms with Gasteiger partial charge in [0.1, 0.15) is 12.4 Å². The number of carbonyl (C=O) groups excluding carboxylic acids is 1. The van der Waals surface area contributed by atoms with E-state index in [2.05, 4.69) is 15.2 Å². The standard InChI is InChI=1S/C26H29N3O2/c30-26(28-25(21-9-3-1-4-10-21)24-13-7-8-16-27-24)22-14-17-29(18-15-22)19-20-31-23-11-5-2-6-12-23/h1-13,16,22,25H,14-15,17-20H2,(H,28,30)/t25-/m1/s1. The van der Waals surface area contributed by atoms with Crippen LogP contribution in [0.5, 0.6) is 5.75 Å². The van der Waals surface area contributed by atoms with E-state index >= 15 is 0 Å². The van der Waals surface area contributed by atoms with E-state index in [1.807, 2.05) is 78.9 Å². The van der Waals surface area contributed by atoms with Crippen LogP contribution in [0.15, 0.2) is 85.1 Å². The molecule has 1 aromatic heterocycles. The molecular weight excluding hydrogens is 386 g/mol. The van der Waals surface area contributed by atoms with Gasteiger partial charge in [-0.15, -0.1) is 0 Å². The molecule has 0 aliphatic carbocycles. The molecule has 1 amide bonds. The summed E-state index contributed by atoms with van der Waals surface area (Å²) < 4.78 is 5.81. The first-order valence-electron chi connectivity index (χ1n) is 11.0. The number of para-hydroxylation sites is 1. The fourth-order valence-corrected chi connectivity index (χ4v) is 4.01. The van der Waals surface area contributed by atoms with Crippen LogP contribution in [0.3, 0.4) is 0 Å². The van der Waals surface area contributed by atoms with Crippen LogP contribution in [0.2, 0.25) is 0 Å². The second-order valence-electron chi connectivity index (χ2n) is 7.88. The molecule has 4 rings (SSSR count). The predicted molar refractivity (Wildman–Crippen MR) is 122 cm³/mol. The lowest BCUT2D eigenvalue weighted by molar-refractivity contribution is -0.127. The summed E-state index contributed by atoms with van der Waals surface area (Å²) in [4.78, 5) is 19.9. The Balaban J connectivity index is 1.29. The van der Waals surface area contributed by atoms with E-state index in [9.17, 15) is 4.79 Å². The maximum atomic E-state index is 13.1. The number of likely N-dealkylation sites (tertiary alicyclic amines) is 1. The van der Waals surface area contributed by atoms with Crippen molar-refractivity contribution in [3.63, 3.8) is 0 Å². The molecule has 0 radical (unpaired) electrons. The number of pyridine rings is 1. The van der Waals surface area contributed by atoms with Crippen LogP contribution in [0.4, 0.5) is 0 Å². The molecule has 3 aromatic rings. The summed E-state index contributed by atoms with van der Waals surface area (Å²) >= 11 is 0. The van der Waals surface area contributed by atoms with E-state index < -0.39 is 0 Å². The van der Waals surface area contributed by atoms with Crippen molar-refractivity contribution >= 4 is 5.91 Å². The molecule has 2 heterocycles. The zero-order valence-electron chi connectivity index (χ0n) is 17.7. The Morgan fingerprint density at radius 3 is 2.32 bits per heavy atom. The molecule has 1 atom stereocenters. The molecule has 0 bridgehead atoms. The lowest BCUT2D eigenvalue weighted by atomic mass is 9.94. The van der Waals surface area contributed by atoms with Crippen molar-refractivity contribution in [2.45, 2.75) is 18.9 Å². The topological polar surface area (TPSA) is 54.5 Å². The van der Waals surface area contributed by atoms with Crippen molar-refractivity contribution in [1.29, 1.82) is 0 Å². The highest BCUT2D eigenvalue weighted by Crippen LogP contribution is 2.23. The lowest BCUT2D eigenvalue weighted by Gasteiger charge is -2.32. The van der Waals surface area contributed by atoms with Gasteiger partial charge in [0.05, 0.1) is 11.7 Å². The number of carbonyl (C=O) groups is 1. The van der Waals surface area contributed by atoms with Crippen LogP contribution >= 0.6 is 0 Å². The Morgan fingerprint density at radius 2 is 1.65 bits per heavy atom. The second kappa shape index (κ2) is 10.7.